The number of aryl methyl sites for hydroxylation is 2. The second-order valence-corrected chi connectivity index (χ2v) is 5.48. The van der Waals surface area contributed by atoms with Crippen molar-refractivity contribution >= 4 is 11.0 Å². The van der Waals surface area contributed by atoms with Gasteiger partial charge in [0, 0.05) is 6.07 Å². The van der Waals surface area contributed by atoms with Crippen LogP contribution in [0.25, 0.3) is 11.0 Å². The van der Waals surface area contributed by atoms with Gasteiger partial charge in [0.05, 0.1) is 5.52 Å². The number of rotatable bonds is 3. The minimum absolute atomic E-state index is 0.194. The highest BCUT2D eigenvalue weighted by Gasteiger charge is 2.10. The molecule has 6 heteroatoms. The minimum atomic E-state index is -1.02. The zero-order valence-electron chi connectivity index (χ0n) is 12.8. The van der Waals surface area contributed by atoms with E-state index in [1.54, 1.807) is 6.07 Å². The lowest BCUT2D eigenvalue weighted by atomic mass is 10.1. The summed E-state index contributed by atoms with van der Waals surface area (Å²) in [5, 5.41) is 9.80. The molecule has 0 aliphatic carbocycles. The van der Waals surface area contributed by atoms with Gasteiger partial charge in [-0.05, 0) is 31.0 Å². The van der Waals surface area contributed by atoms with Crippen molar-refractivity contribution in [3.05, 3.63) is 73.8 Å². The van der Waals surface area contributed by atoms with Gasteiger partial charge in [-0.2, -0.15) is 0 Å². The van der Waals surface area contributed by atoms with Crippen LogP contribution >= 0.6 is 0 Å². The molecule has 3 aromatic rings. The smallest absolute Gasteiger partial charge is 0.348 e. The van der Waals surface area contributed by atoms with Gasteiger partial charge in [-0.1, -0.05) is 29.8 Å². The Bertz CT molecular complexity index is 984. The molecule has 23 heavy (non-hydrogen) atoms. The van der Waals surface area contributed by atoms with Gasteiger partial charge in [0.1, 0.15) is 17.9 Å². The second kappa shape index (κ2) is 5.64. The van der Waals surface area contributed by atoms with E-state index in [2.05, 4.69) is 4.98 Å². The highest BCUT2D eigenvalue weighted by Crippen LogP contribution is 2.24. The van der Waals surface area contributed by atoms with E-state index in [0.29, 0.717) is 22.6 Å². The Balaban J connectivity index is 1.97. The van der Waals surface area contributed by atoms with Gasteiger partial charge >= 0.3 is 11.1 Å². The average Bonchev–Trinajstić information content (AvgIpc) is 2.53. The zero-order valence-corrected chi connectivity index (χ0v) is 12.8. The van der Waals surface area contributed by atoms with E-state index in [-0.39, 0.29) is 5.52 Å². The molecule has 0 aliphatic heterocycles. The van der Waals surface area contributed by atoms with Crippen LogP contribution in [0.1, 0.15) is 16.7 Å². The van der Waals surface area contributed by atoms with Gasteiger partial charge in [-0.15, -0.1) is 4.73 Å². The molecule has 3 rings (SSSR count). The standard InChI is InChI=1S/C17H16N2O4/c1-10-3-5-12(6-4-10)9-23-15-8-14-13(7-11(15)2)18-16(20)17(21)19(14)22/h3-8,22H,9H2,1-2H3,(H,18,20). The number of hydrogen-bond acceptors (Lipinski definition) is 4. The van der Waals surface area contributed by atoms with E-state index in [0.717, 1.165) is 11.1 Å². The maximum absolute atomic E-state index is 11.5. The summed E-state index contributed by atoms with van der Waals surface area (Å²) < 4.78 is 6.12. The Morgan fingerprint density at radius 3 is 2.52 bits per heavy atom. The Morgan fingerprint density at radius 2 is 1.83 bits per heavy atom. The zero-order chi connectivity index (χ0) is 16.6. The van der Waals surface area contributed by atoms with Crippen molar-refractivity contribution in [1.82, 2.24) is 9.71 Å². The van der Waals surface area contributed by atoms with E-state index < -0.39 is 11.1 Å². The SMILES string of the molecule is Cc1ccc(COc2cc3c(cc2C)[nH]c(=O)c(=O)n3O)cc1. The summed E-state index contributed by atoms with van der Waals surface area (Å²) in [7, 11) is 0. The lowest BCUT2D eigenvalue weighted by Crippen LogP contribution is -2.35. The number of ether oxygens (including phenoxy) is 1. The summed E-state index contributed by atoms with van der Waals surface area (Å²) in [6, 6.07) is 11.2. The Morgan fingerprint density at radius 1 is 1.13 bits per heavy atom. The number of aromatic amines is 1. The maximum Gasteiger partial charge on any atom is 0.348 e. The summed E-state index contributed by atoms with van der Waals surface area (Å²) in [5.41, 5.74) is 1.65. The Labute approximate surface area is 131 Å². The molecule has 0 amide bonds. The number of hydrogen-bond donors (Lipinski definition) is 2. The van der Waals surface area contributed by atoms with Crippen LogP contribution in [0.3, 0.4) is 0 Å². The fourth-order valence-electron chi connectivity index (χ4n) is 2.33. The van der Waals surface area contributed by atoms with Crippen LogP contribution in [0.5, 0.6) is 5.75 Å². The molecule has 0 saturated heterocycles. The average molecular weight is 312 g/mol. The van der Waals surface area contributed by atoms with Crippen molar-refractivity contribution in [2.24, 2.45) is 0 Å². The second-order valence-electron chi connectivity index (χ2n) is 5.48. The highest BCUT2D eigenvalue weighted by atomic mass is 16.5. The molecule has 0 fully saturated rings. The van der Waals surface area contributed by atoms with Crippen LogP contribution < -0.4 is 15.9 Å². The highest BCUT2D eigenvalue weighted by molar-refractivity contribution is 5.77. The van der Waals surface area contributed by atoms with Crippen molar-refractivity contribution < 1.29 is 9.94 Å². The molecular weight excluding hydrogens is 296 g/mol. The van der Waals surface area contributed by atoms with Crippen LogP contribution in [0.2, 0.25) is 0 Å². The molecule has 0 spiro atoms. The van der Waals surface area contributed by atoms with Crippen LogP contribution in [-0.4, -0.2) is 14.9 Å². The number of H-pyrrole nitrogens is 1. The first kappa shape index (κ1) is 14.9. The van der Waals surface area contributed by atoms with E-state index in [9.17, 15) is 14.8 Å². The van der Waals surface area contributed by atoms with E-state index in [4.69, 9.17) is 4.74 Å². The number of nitrogens with one attached hydrogen (secondary N) is 1. The number of aromatic nitrogens is 2. The van der Waals surface area contributed by atoms with E-state index in [1.807, 2.05) is 38.1 Å². The molecule has 0 atom stereocenters. The van der Waals surface area contributed by atoms with Crippen molar-refractivity contribution in [1.29, 1.82) is 0 Å². The Hall–Kier alpha value is -3.02. The van der Waals surface area contributed by atoms with Gasteiger partial charge in [0.15, 0.2) is 0 Å². The molecule has 1 aromatic heterocycles. The van der Waals surface area contributed by atoms with Gasteiger partial charge in [0.25, 0.3) is 0 Å². The lowest BCUT2D eigenvalue weighted by Gasteiger charge is -2.11. The van der Waals surface area contributed by atoms with Crippen molar-refractivity contribution in [2.75, 3.05) is 0 Å². The van der Waals surface area contributed by atoms with Crippen molar-refractivity contribution in [3.8, 4) is 5.75 Å². The monoisotopic (exact) mass is 312 g/mol. The molecule has 0 saturated carbocycles. The summed E-state index contributed by atoms with van der Waals surface area (Å²) in [6.07, 6.45) is 0. The fourth-order valence-corrected chi connectivity index (χ4v) is 2.33. The summed E-state index contributed by atoms with van der Waals surface area (Å²) in [6.45, 7) is 4.21. The third-order valence-corrected chi connectivity index (χ3v) is 3.67. The first-order valence-electron chi connectivity index (χ1n) is 7.13. The first-order valence-corrected chi connectivity index (χ1v) is 7.13. The van der Waals surface area contributed by atoms with Crippen LogP contribution in [0.15, 0.2) is 46.0 Å². The molecule has 1 heterocycles. The molecule has 0 unspecified atom stereocenters. The summed E-state index contributed by atoms with van der Waals surface area (Å²) >= 11 is 0. The number of fused-ring (bicyclic) bond motifs is 1. The van der Waals surface area contributed by atoms with Crippen LogP contribution in [0.4, 0.5) is 0 Å². The van der Waals surface area contributed by atoms with E-state index >= 15 is 0 Å². The van der Waals surface area contributed by atoms with Crippen LogP contribution in [-0.2, 0) is 6.61 Å². The maximum atomic E-state index is 11.5. The normalized spacial score (nSPS) is 10.9. The predicted octanol–water partition coefficient (Wildman–Crippen LogP) is 2.12. The molecule has 0 bridgehead atoms. The Kier molecular flexibility index (Phi) is 3.65. The lowest BCUT2D eigenvalue weighted by molar-refractivity contribution is 0.186. The largest absolute Gasteiger partial charge is 0.489 e. The fraction of sp³-hybridized carbons (Fsp3) is 0.176. The molecular formula is C17H16N2O4. The van der Waals surface area contributed by atoms with Gasteiger partial charge in [-0.25, -0.2) is 0 Å². The van der Waals surface area contributed by atoms with Gasteiger partial charge < -0.3 is 14.9 Å². The third kappa shape index (κ3) is 2.83. The number of benzene rings is 2. The predicted molar refractivity (Wildman–Crippen MR) is 86.3 cm³/mol. The molecule has 0 radical (unpaired) electrons. The minimum Gasteiger partial charge on any atom is -0.489 e. The number of nitrogens with zero attached hydrogens (tertiary/aromatic N) is 1. The quantitative estimate of drug-likeness (QED) is 0.573. The van der Waals surface area contributed by atoms with Gasteiger partial charge in [0.2, 0.25) is 0 Å². The van der Waals surface area contributed by atoms with Gasteiger partial charge in [-0.3, -0.25) is 9.59 Å². The molecule has 6 nitrogen and oxygen atoms in total. The molecule has 2 aromatic carbocycles. The van der Waals surface area contributed by atoms with Crippen molar-refractivity contribution in [3.63, 3.8) is 0 Å². The summed E-state index contributed by atoms with van der Waals surface area (Å²) in [4.78, 5) is 25.4. The first-order chi connectivity index (χ1) is 11.0. The van der Waals surface area contributed by atoms with Crippen molar-refractivity contribution in [2.45, 2.75) is 20.5 Å². The third-order valence-electron chi connectivity index (χ3n) is 3.67. The summed E-state index contributed by atoms with van der Waals surface area (Å²) in [5.74, 6) is 0.535. The molecule has 118 valence electrons. The molecule has 0 aliphatic rings. The van der Waals surface area contributed by atoms with Crippen LogP contribution in [0, 0.1) is 13.8 Å². The molecule has 2 N–H and O–H groups in total. The topological polar surface area (TPSA) is 84.3 Å². The van der Waals surface area contributed by atoms with E-state index in [1.165, 1.54) is 11.6 Å².